The number of carbonyl (C=O) groups is 1. The Morgan fingerprint density at radius 2 is 1.27 bits per heavy atom. The largest absolute Gasteiger partial charge is 0.466 e. The second kappa shape index (κ2) is 11.2. The fourth-order valence-electron chi connectivity index (χ4n) is 7.82. The molecule has 4 heteroatoms. The van der Waals surface area contributed by atoms with Crippen LogP contribution in [-0.2, 0) is 14.9 Å². The third kappa shape index (κ3) is 4.55. The molecule has 0 saturated heterocycles. The Morgan fingerprint density at radius 1 is 0.727 bits per heavy atom. The molecule has 0 amide bonds. The summed E-state index contributed by atoms with van der Waals surface area (Å²) in [7, 11) is 0. The first kappa shape index (κ1) is 29.5. The van der Waals surface area contributed by atoms with Crippen LogP contribution >= 0.6 is 0 Å². The summed E-state index contributed by atoms with van der Waals surface area (Å²) in [6, 6.07) is 31.6. The van der Waals surface area contributed by atoms with Crippen molar-refractivity contribution in [2.45, 2.75) is 46.5 Å². The van der Waals surface area contributed by atoms with Crippen LogP contribution in [0.1, 0.15) is 68.9 Å². The second-order valence-corrected chi connectivity index (χ2v) is 12.3. The summed E-state index contributed by atoms with van der Waals surface area (Å²) < 4.78 is 34.4. The van der Waals surface area contributed by atoms with Crippen molar-refractivity contribution >= 4 is 17.1 Å². The van der Waals surface area contributed by atoms with Crippen molar-refractivity contribution in [3.8, 4) is 0 Å². The highest BCUT2D eigenvalue weighted by molar-refractivity contribution is 6.01. The Labute approximate surface area is 258 Å². The van der Waals surface area contributed by atoms with E-state index in [-0.39, 0.29) is 30.6 Å². The molecule has 0 heterocycles. The Morgan fingerprint density at radius 3 is 1.82 bits per heavy atom. The molecule has 1 saturated carbocycles. The van der Waals surface area contributed by atoms with Crippen LogP contribution in [-0.4, -0.2) is 12.6 Å². The average molecular weight is 587 g/mol. The molecular formula is C40H36F2O2. The summed E-state index contributed by atoms with van der Waals surface area (Å²) in [5, 5.41) is 0. The lowest BCUT2D eigenvalue weighted by Crippen LogP contribution is -2.31. The van der Waals surface area contributed by atoms with E-state index in [4.69, 9.17) is 4.74 Å². The monoisotopic (exact) mass is 586 g/mol. The van der Waals surface area contributed by atoms with Crippen molar-refractivity contribution < 1.29 is 18.3 Å². The lowest BCUT2D eigenvalue weighted by Gasteiger charge is -2.33. The van der Waals surface area contributed by atoms with Crippen molar-refractivity contribution in [3.63, 3.8) is 0 Å². The van der Waals surface area contributed by atoms with E-state index in [1.807, 2.05) is 37.3 Å². The number of hydrogen-bond acceptors (Lipinski definition) is 2. The molecular weight excluding hydrogens is 550 g/mol. The molecule has 0 aromatic heterocycles. The number of benzene rings is 4. The fourth-order valence-corrected chi connectivity index (χ4v) is 7.82. The van der Waals surface area contributed by atoms with Crippen LogP contribution in [0.25, 0.3) is 11.1 Å². The molecule has 44 heavy (non-hydrogen) atoms. The highest BCUT2D eigenvalue weighted by Gasteiger charge is 2.62. The Hall–Kier alpha value is -4.57. The van der Waals surface area contributed by atoms with Gasteiger partial charge in [0.15, 0.2) is 0 Å². The van der Waals surface area contributed by atoms with Gasteiger partial charge in [0.1, 0.15) is 11.6 Å². The van der Waals surface area contributed by atoms with Gasteiger partial charge in [-0.15, -0.1) is 0 Å². The zero-order valence-electron chi connectivity index (χ0n) is 25.8. The highest BCUT2D eigenvalue weighted by atomic mass is 19.1. The van der Waals surface area contributed by atoms with Gasteiger partial charge in [-0.1, -0.05) is 98.3 Å². The Balaban J connectivity index is 1.88. The number of esters is 1. The average Bonchev–Trinajstić information content (AvgIpc) is 3.40. The molecule has 0 aliphatic heterocycles. The second-order valence-electron chi connectivity index (χ2n) is 12.3. The minimum atomic E-state index is -0.901. The summed E-state index contributed by atoms with van der Waals surface area (Å²) in [6.07, 6.45) is 0.0882. The minimum Gasteiger partial charge on any atom is -0.466 e. The van der Waals surface area contributed by atoms with Crippen molar-refractivity contribution in [2.24, 2.45) is 5.41 Å². The molecule has 1 fully saturated rings. The van der Waals surface area contributed by atoms with E-state index in [0.29, 0.717) is 0 Å². The summed E-state index contributed by atoms with van der Waals surface area (Å²) in [6.45, 7) is 10.8. The highest BCUT2D eigenvalue weighted by Crippen LogP contribution is 2.71. The van der Waals surface area contributed by atoms with Crippen LogP contribution in [0.15, 0.2) is 125 Å². The minimum absolute atomic E-state index is 0.0882. The van der Waals surface area contributed by atoms with Crippen molar-refractivity contribution in [2.75, 3.05) is 6.61 Å². The first-order chi connectivity index (χ1) is 21.1. The smallest absolute Gasteiger partial charge is 0.307 e. The van der Waals surface area contributed by atoms with Gasteiger partial charge in [0, 0.05) is 5.41 Å². The zero-order valence-corrected chi connectivity index (χ0v) is 25.8. The number of carbonyl (C=O) groups excluding carboxylic acids is 1. The quantitative estimate of drug-likeness (QED) is 0.210. The standard InChI is InChI=1S/C40H36F2O2/c1-6-44-33(43)24-40-32-15-11-10-14-31(32)35(26-12-8-7-9-13-26)38(40)39(4,5)36(25(2)3)37(40)34(27-16-20-29(41)21-17-27)28-18-22-30(42)23-19-28/h7-23H,6,24H2,1-5H3. The van der Waals surface area contributed by atoms with Crippen molar-refractivity contribution in [1.29, 1.82) is 0 Å². The van der Waals surface area contributed by atoms with Gasteiger partial charge in [-0.2, -0.15) is 0 Å². The third-order valence-corrected chi connectivity index (χ3v) is 9.05. The van der Waals surface area contributed by atoms with Gasteiger partial charge in [0.05, 0.1) is 18.4 Å². The van der Waals surface area contributed by atoms with Crippen LogP contribution in [0.5, 0.6) is 0 Å². The maximum Gasteiger partial charge on any atom is 0.307 e. The Kier molecular flexibility index (Phi) is 7.49. The van der Waals surface area contributed by atoms with Crippen molar-refractivity contribution in [1.82, 2.24) is 0 Å². The van der Waals surface area contributed by atoms with Gasteiger partial charge in [-0.25, -0.2) is 8.78 Å². The number of allylic oxidation sites excluding steroid dienone is 4. The van der Waals surface area contributed by atoms with Gasteiger partial charge < -0.3 is 4.74 Å². The summed E-state index contributed by atoms with van der Waals surface area (Å²) in [4.78, 5) is 13.8. The number of fused-ring (bicyclic) bond motifs is 3. The number of hydrogen-bond donors (Lipinski definition) is 0. The van der Waals surface area contributed by atoms with Gasteiger partial charge in [0.2, 0.25) is 0 Å². The Bertz CT molecular complexity index is 1790. The zero-order chi connectivity index (χ0) is 31.2. The lowest BCUT2D eigenvalue weighted by molar-refractivity contribution is -0.144. The van der Waals surface area contributed by atoms with E-state index in [0.717, 1.165) is 61.3 Å². The first-order valence-electron chi connectivity index (χ1n) is 15.1. The van der Waals surface area contributed by atoms with Gasteiger partial charge in [-0.05, 0) is 101 Å². The molecule has 0 bridgehead atoms. The normalized spacial score (nSPS) is 18.2. The fraction of sp³-hybridized carbons (Fsp3) is 0.225. The van der Waals surface area contributed by atoms with E-state index in [2.05, 4.69) is 52.0 Å². The van der Waals surface area contributed by atoms with Crippen LogP contribution in [0.2, 0.25) is 0 Å². The molecule has 1 unspecified atom stereocenters. The molecule has 2 aliphatic rings. The molecule has 6 rings (SSSR count). The van der Waals surface area contributed by atoms with E-state index in [9.17, 15) is 13.6 Å². The molecule has 1 atom stereocenters. The molecule has 0 radical (unpaired) electrons. The molecule has 0 spiro atoms. The number of rotatable bonds is 6. The predicted octanol–water partition coefficient (Wildman–Crippen LogP) is 9.85. The third-order valence-electron chi connectivity index (χ3n) is 9.05. The molecule has 222 valence electrons. The predicted molar refractivity (Wildman–Crippen MR) is 173 cm³/mol. The molecule has 0 N–H and O–H groups in total. The van der Waals surface area contributed by atoms with Gasteiger partial charge in [-0.3, -0.25) is 4.79 Å². The van der Waals surface area contributed by atoms with Crippen LogP contribution in [0.3, 0.4) is 0 Å². The van der Waals surface area contributed by atoms with E-state index < -0.39 is 10.8 Å². The molecule has 4 aromatic carbocycles. The maximum absolute atomic E-state index is 14.4. The summed E-state index contributed by atoms with van der Waals surface area (Å²) in [5.74, 6) is -0.980. The summed E-state index contributed by atoms with van der Waals surface area (Å²) in [5.41, 5.74) is 9.64. The number of halogens is 2. The molecule has 2 aliphatic carbocycles. The van der Waals surface area contributed by atoms with Crippen molar-refractivity contribution in [3.05, 3.63) is 165 Å². The lowest BCUT2D eigenvalue weighted by atomic mass is 9.68. The van der Waals surface area contributed by atoms with Gasteiger partial charge >= 0.3 is 5.97 Å². The van der Waals surface area contributed by atoms with Crippen LogP contribution in [0, 0.1) is 17.0 Å². The molecule has 4 aromatic rings. The van der Waals surface area contributed by atoms with E-state index >= 15 is 0 Å². The first-order valence-corrected chi connectivity index (χ1v) is 15.1. The van der Waals surface area contributed by atoms with Crippen LogP contribution in [0.4, 0.5) is 8.78 Å². The number of ether oxygens (including phenoxy) is 1. The maximum atomic E-state index is 14.4. The molecule has 2 nitrogen and oxygen atoms in total. The van der Waals surface area contributed by atoms with Crippen LogP contribution < -0.4 is 0 Å². The SMILES string of the molecule is CCOC(=O)CC12C(=C(c3ccc(F)cc3)c3ccc(F)cc3)C(=C(C)C)C(C)(C)C1=C(c1ccccc1)c1ccccc12. The van der Waals surface area contributed by atoms with E-state index in [1.54, 1.807) is 24.3 Å². The topological polar surface area (TPSA) is 26.3 Å². The van der Waals surface area contributed by atoms with Gasteiger partial charge in [0.25, 0.3) is 0 Å². The van der Waals surface area contributed by atoms with E-state index in [1.165, 1.54) is 24.3 Å². The summed E-state index contributed by atoms with van der Waals surface area (Å²) >= 11 is 0.